The molecule has 2 heterocycles. The number of aromatic nitrogens is 2. The summed E-state index contributed by atoms with van der Waals surface area (Å²) in [6.45, 7) is 0.588. The van der Waals surface area contributed by atoms with Gasteiger partial charge in [-0.15, -0.1) is 0 Å². The standard InChI is InChI=1S/C19H23F3N4O/c20-19(21,22)17(10-11-26(13-17)12-14-6-2-1-3-7-14)16-24-15(25-27-16)18(23)8-4-5-9-18/h1-3,6-7H,4-5,8-13,23H2. The molecule has 1 saturated heterocycles. The van der Waals surface area contributed by atoms with E-state index < -0.39 is 17.1 Å². The third-order valence-corrected chi connectivity index (χ3v) is 5.92. The number of nitrogens with two attached hydrogens (primary N) is 1. The zero-order valence-corrected chi connectivity index (χ0v) is 15.0. The van der Waals surface area contributed by atoms with E-state index >= 15 is 0 Å². The number of nitrogens with zero attached hydrogens (tertiary/aromatic N) is 3. The Morgan fingerprint density at radius 1 is 1.11 bits per heavy atom. The Bertz CT molecular complexity index is 786. The van der Waals surface area contributed by atoms with Crippen molar-refractivity contribution in [1.29, 1.82) is 0 Å². The number of benzene rings is 1. The van der Waals surface area contributed by atoms with Crippen LogP contribution in [0.2, 0.25) is 0 Å². The molecule has 1 saturated carbocycles. The summed E-state index contributed by atoms with van der Waals surface area (Å²) in [5.74, 6) is -0.141. The first-order chi connectivity index (χ1) is 12.8. The first kappa shape index (κ1) is 18.4. The smallest absolute Gasteiger partial charge is 0.338 e. The van der Waals surface area contributed by atoms with Crippen LogP contribution in [0.4, 0.5) is 13.2 Å². The average molecular weight is 380 g/mol. The van der Waals surface area contributed by atoms with Crippen LogP contribution in [0.15, 0.2) is 34.9 Å². The predicted molar refractivity (Wildman–Crippen MR) is 92.7 cm³/mol. The molecule has 2 N–H and O–H groups in total. The van der Waals surface area contributed by atoms with Crippen molar-refractivity contribution in [3.8, 4) is 0 Å². The van der Waals surface area contributed by atoms with Crippen LogP contribution in [0.5, 0.6) is 0 Å². The number of rotatable bonds is 4. The summed E-state index contributed by atoms with van der Waals surface area (Å²) in [7, 11) is 0. The van der Waals surface area contributed by atoms with E-state index in [1.54, 1.807) is 4.90 Å². The Morgan fingerprint density at radius 3 is 2.48 bits per heavy atom. The quantitative estimate of drug-likeness (QED) is 0.879. The molecule has 1 atom stereocenters. The van der Waals surface area contributed by atoms with Gasteiger partial charge in [0.25, 0.3) is 0 Å². The average Bonchev–Trinajstić information content (AvgIpc) is 3.34. The fourth-order valence-electron chi connectivity index (χ4n) is 4.24. The summed E-state index contributed by atoms with van der Waals surface area (Å²) < 4.78 is 47.5. The van der Waals surface area contributed by atoms with Crippen molar-refractivity contribution in [1.82, 2.24) is 15.0 Å². The minimum atomic E-state index is -4.47. The summed E-state index contributed by atoms with van der Waals surface area (Å²) in [6.07, 6.45) is -1.37. The first-order valence-corrected chi connectivity index (χ1v) is 9.29. The summed E-state index contributed by atoms with van der Waals surface area (Å²) in [5.41, 5.74) is 4.37. The molecule has 0 radical (unpaired) electrons. The van der Waals surface area contributed by atoms with E-state index in [0.29, 0.717) is 25.9 Å². The van der Waals surface area contributed by atoms with Crippen LogP contribution >= 0.6 is 0 Å². The van der Waals surface area contributed by atoms with Gasteiger partial charge in [0, 0.05) is 13.1 Å². The highest BCUT2D eigenvalue weighted by Crippen LogP contribution is 2.48. The Kier molecular flexibility index (Phi) is 4.50. The third-order valence-electron chi connectivity index (χ3n) is 5.92. The molecule has 1 aliphatic carbocycles. The zero-order chi connectivity index (χ0) is 19.1. The van der Waals surface area contributed by atoms with Crippen molar-refractivity contribution in [3.05, 3.63) is 47.6 Å². The molecule has 5 nitrogen and oxygen atoms in total. The largest absolute Gasteiger partial charge is 0.404 e. The van der Waals surface area contributed by atoms with Gasteiger partial charge < -0.3 is 10.3 Å². The topological polar surface area (TPSA) is 68.2 Å². The van der Waals surface area contributed by atoms with E-state index in [4.69, 9.17) is 10.3 Å². The van der Waals surface area contributed by atoms with Gasteiger partial charge >= 0.3 is 6.18 Å². The minimum absolute atomic E-state index is 0.0947. The Balaban J connectivity index is 1.60. The molecule has 2 aliphatic rings. The van der Waals surface area contributed by atoms with E-state index in [9.17, 15) is 13.2 Å². The van der Waals surface area contributed by atoms with Crippen molar-refractivity contribution in [3.63, 3.8) is 0 Å². The van der Waals surface area contributed by atoms with Gasteiger partial charge in [0.1, 0.15) is 0 Å². The Hall–Kier alpha value is -1.93. The van der Waals surface area contributed by atoms with Crippen molar-refractivity contribution < 1.29 is 17.7 Å². The molecular weight excluding hydrogens is 357 g/mol. The fraction of sp³-hybridized carbons (Fsp3) is 0.579. The maximum atomic E-state index is 14.1. The zero-order valence-electron chi connectivity index (χ0n) is 15.0. The van der Waals surface area contributed by atoms with Gasteiger partial charge in [0.2, 0.25) is 5.89 Å². The number of hydrogen-bond donors (Lipinski definition) is 1. The second kappa shape index (κ2) is 6.60. The van der Waals surface area contributed by atoms with Crippen molar-refractivity contribution in [2.75, 3.05) is 13.1 Å². The van der Waals surface area contributed by atoms with Crippen LogP contribution in [0.3, 0.4) is 0 Å². The molecule has 0 spiro atoms. The van der Waals surface area contributed by atoms with Gasteiger partial charge in [0.15, 0.2) is 11.2 Å². The molecule has 2 aromatic rings. The van der Waals surface area contributed by atoms with Crippen LogP contribution in [-0.4, -0.2) is 34.3 Å². The van der Waals surface area contributed by atoms with Gasteiger partial charge in [-0.1, -0.05) is 48.3 Å². The van der Waals surface area contributed by atoms with E-state index in [2.05, 4.69) is 10.1 Å². The Labute approximate surface area is 155 Å². The van der Waals surface area contributed by atoms with Crippen LogP contribution in [0.25, 0.3) is 0 Å². The van der Waals surface area contributed by atoms with Crippen LogP contribution in [0.1, 0.15) is 49.4 Å². The van der Waals surface area contributed by atoms with E-state index in [1.807, 2.05) is 30.3 Å². The van der Waals surface area contributed by atoms with Gasteiger partial charge in [-0.2, -0.15) is 18.2 Å². The van der Waals surface area contributed by atoms with Crippen molar-refractivity contribution in [2.24, 2.45) is 5.73 Å². The monoisotopic (exact) mass is 380 g/mol. The van der Waals surface area contributed by atoms with Gasteiger partial charge in [0.05, 0.1) is 5.54 Å². The summed E-state index contributed by atoms with van der Waals surface area (Å²) in [6, 6.07) is 9.48. The van der Waals surface area contributed by atoms with Crippen molar-refractivity contribution >= 4 is 0 Å². The molecule has 8 heteroatoms. The lowest BCUT2D eigenvalue weighted by molar-refractivity contribution is -0.193. The SMILES string of the molecule is NC1(c2noc(C3(C(F)(F)F)CCN(Cc4ccccc4)C3)n2)CCCC1. The van der Waals surface area contributed by atoms with E-state index in [-0.39, 0.29) is 24.7 Å². The second-order valence-corrected chi connectivity index (χ2v) is 7.81. The van der Waals surface area contributed by atoms with Crippen LogP contribution in [-0.2, 0) is 17.5 Å². The molecule has 1 aromatic heterocycles. The van der Waals surface area contributed by atoms with Gasteiger partial charge in [-0.25, -0.2) is 0 Å². The lowest BCUT2D eigenvalue weighted by atomic mass is 9.86. The molecule has 1 unspecified atom stereocenters. The molecule has 1 aromatic carbocycles. The van der Waals surface area contributed by atoms with Crippen molar-refractivity contribution in [2.45, 2.75) is 55.8 Å². The molecule has 2 fully saturated rings. The predicted octanol–water partition coefficient (Wildman–Crippen LogP) is 3.50. The molecular formula is C19H23F3N4O. The van der Waals surface area contributed by atoms with Crippen LogP contribution < -0.4 is 5.73 Å². The van der Waals surface area contributed by atoms with E-state index in [0.717, 1.165) is 18.4 Å². The summed E-state index contributed by atoms with van der Waals surface area (Å²) in [5, 5.41) is 3.85. The molecule has 27 heavy (non-hydrogen) atoms. The molecule has 146 valence electrons. The van der Waals surface area contributed by atoms with Crippen LogP contribution in [0, 0.1) is 0 Å². The van der Waals surface area contributed by atoms with Gasteiger partial charge in [-0.05, 0) is 31.4 Å². The number of alkyl halides is 3. The molecule has 0 bridgehead atoms. The highest BCUT2D eigenvalue weighted by atomic mass is 19.4. The lowest BCUT2D eigenvalue weighted by Crippen LogP contribution is -2.45. The second-order valence-electron chi connectivity index (χ2n) is 7.81. The normalized spacial score (nSPS) is 25.9. The lowest BCUT2D eigenvalue weighted by Gasteiger charge is -2.28. The summed E-state index contributed by atoms with van der Waals surface area (Å²) >= 11 is 0. The Morgan fingerprint density at radius 2 is 1.81 bits per heavy atom. The highest BCUT2D eigenvalue weighted by molar-refractivity contribution is 5.19. The maximum Gasteiger partial charge on any atom is 0.404 e. The number of hydrogen-bond acceptors (Lipinski definition) is 5. The highest BCUT2D eigenvalue weighted by Gasteiger charge is 2.63. The first-order valence-electron chi connectivity index (χ1n) is 9.29. The molecule has 0 amide bonds. The minimum Gasteiger partial charge on any atom is -0.338 e. The fourth-order valence-corrected chi connectivity index (χ4v) is 4.24. The molecule has 1 aliphatic heterocycles. The summed E-state index contributed by atoms with van der Waals surface area (Å²) in [4.78, 5) is 5.97. The van der Waals surface area contributed by atoms with E-state index in [1.165, 1.54) is 0 Å². The molecule has 4 rings (SSSR count). The maximum absolute atomic E-state index is 14.1. The third kappa shape index (κ3) is 3.25. The number of likely N-dealkylation sites (tertiary alicyclic amines) is 1. The number of halogens is 3. The van der Waals surface area contributed by atoms with Gasteiger partial charge in [-0.3, -0.25) is 4.90 Å².